The van der Waals surface area contributed by atoms with E-state index in [0.717, 1.165) is 29.2 Å². The molecule has 0 spiro atoms. The molecule has 2 saturated carbocycles. The summed E-state index contributed by atoms with van der Waals surface area (Å²) in [5, 5.41) is 36.3. The molecule has 0 aromatic heterocycles. The van der Waals surface area contributed by atoms with Crippen LogP contribution in [-0.2, 0) is 19.2 Å². The SMILES string of the molecule is CC(=O)C1C(=O)C(C(C)C)[C@@]2(C)[C@H](O)[C@]3(C)C(C(=O)c4c(ccc(C5=CC=C(c6ccc(C)cc6)C5)c4O)[C@H]3C)C(=O)[C@@]2(O)C1=O. The summed E-state index contributed by atoms with van der Waals surface area (Å²) in [6, 6.07) is 11.5. The molecule has 0 saturated heterocycles. The van der Waals surface area contributed by atoms with Crippen molar-refractivity contribution in [2.75, 3.05) is 0 Å². The van der Waals surface area contributed by atoms with Crippen LogP contribution in [0.5, 0.6) is 5.75 Å². The normalized spacial score (nSPS) is 35.4. The first kappa shape index (κ1) is 32.0. The Hall–Kier alpha value is -4.01. The van der Waals surface area contributed by atoms with Gasteiger partial charge in [-0.2, -0.15) is 0 Å². The fourth-order valence-corrected chi connectivity index (χ4v) is 9.29. The summed E-state index contributed by atoms with van der Waals surface area (Å²) in [6.07, 6.45) is 2.66. The van der Waals surface area contributed by atoms with Gasteiger partial charge in [0.2, 0.25) is 0 Å². The van der Waals surface area contributed by atoms with Crippen LogP contribution in [0.2, 0.25) is 0 Å². The first-order chi connectivity index (χ1) is 21.4. The second-order valence-corrected chi connectivity index (χ2v) is 14.5. The van der Waals surface area contributed by atoms with E-state index in [2.05, 4.69) is 0 Å². The van der Waals surface area contributed by atoms with Gasteiger partial charge in [-0.1, -0.05) is 88.7 Å². The summed E-state index contributed by atoms with van der Waals surface area (Å²) in [7, 11) is 0. The van der Waals surface area contributed by atoms with Crippen LogP contribution in [0.25, 0.3) is 11.1 Å². The number of phenols is 1. The van der Waals surface area contributed by atoms with E-state index in [4.69, 9.17) is 0 Å². The minimum atomic E-state index is -2.99. The molecule has 2 aromatic carbocycles. The van der Waals surface area contributed by atoms with Crippen molar-refractivity contribution in [2.24, 2.45) is 34.5 Å². The Labute approximate surface area is 268 Å². The van der Waals surface area contributed by atoms with Gasteiger partial charge in [0.05, 0.1) is 17.6 Å². The number of fused-ring (bicyclic) bond motifs is 3. The number of aryl methyl sites for hydroxylation is 1. The lowest BCUT2D eigenvalue weighted by atomic mass is 9.37. The predicted octanol–water partition coefficient (Wildman–Crippen LogP) is 4.80. The summed E-state index contributed by atoms with van der Waals surface area (Å²) in [4.78, 5) is 69.4. The van der Waals surface area contributed by atoms with Crippen LogP contribution in [0.15, 0.2) is 48.6 Å². The molecule has 8 heteroatoms. The van der Waals surface area contributed by atoms with E-state index in [1.807, 2.05) is 43.3 Å². The lowest BCUT2D eigenvalue weighted by molar-refractivity contribution is -0.240. The molecule has 0 aliphatic heterocycles. The van der Waals surface area contributed by atoms with Gasteiger partial charge >= 0.3 is 0 Å². The van der Waals surface area contributed by atoms with Gasteiger partial charge in [-0.05, 0) is 54.4 Å². The number of aliphatic hydroxyl groups excluding tert-OH is 1. The Bertz CT molecular complexity index is 1810. The Kier molecular flexibility index (Phi) is 7.12. The highest BCUT2D eigenvalue weighted by Gasteiger charge is 2.80. The highest BCUT2D eigenvalue weighted by molar-refractivity contribution is 6.33. The van der Waals surface area contributed by atoms with Crippen LogP contribution in [0.4, 0.5) is 0 Å². The molecule has 0 radical (unpaired) electrons. The van der Waals surface area contributed by atoms with Gasteiger partial charge in [-0.25, -0.2) is 0 Å². The van der Waals surface area contributed by atoms with Crippen molar-refractivity contribution in [3.05, 3.63) is 76.4 Å². The summed E-state index contributed by atoms with van der Waals surface area (Å²) in [5.74, 6) is -11.2. The molecule has 4 aliphatic carbocycles. The Morgan fingerprint density at radius 3 is 2.13 bits per heavy atom. The van der Waals surface area contributed by atoms with E-state index in [9.17, 15) is 39.3 Å². The van der Waals surface area contributed by atoms with Crippen molar-refractivity contribution in [2.45, 2.75) is 72.5 Å². The molecule has 0 amide bonds. The summed E-state index contributed by atoms with van der Waals surface area (Å²) >= 11 is 0. The van der Waals surface area contributed by atoms with Crippen molar-refractivity contribution >= 4 is 40.1 Å². The maximum absolute atomic E-state index is 14.6. The molecule has 6 rings (SSSR count). The van der Waals surface area contributed by atoms with Crippen LogP contribution in [0.3, 0.4) is 0 Å². The number of carbonyl (C=O) groups is 5. The molecule has 2 aromatic rings. The molecule has 3 unspecified atom stereocenters. The standard InChI is InChI=1S/C38H40O8/c1-17(2)28-31(41)26(20(5)39)33(43)38(46)34(44)29-32(42)27-24(19(4)36(29,6)35(45)37(28,38)7)14-15-25(30(27)40)23-13-12-22(16-23)21-10-8-18(3)9-11-21/h8-15,17,19,26,28-29,35,40,45-46H,16H2,1-7H3/t19-,26?,28?,29?,35-,36+,37+,38+/m1/s1. The van der Waals surface area contributed by atoms with Crippen molar-refractivity contribution in [1.29, 1.82) is 0 Å². The smallest absolute Gasteiger partial charge is 0.191 e. The van der Waals surface area contributed by atoms with Gasteiger partial charge in [0, 0.05) is 22.3 Å². The van der Waals surface area contributed by atoms with Crippen LogP contribution >= 0.6 is 0 Å². The molecule has 4 aliphatic rings. The lowest BCUT2D eigenvalue weighted by Gasteiger charge is -2.65. The fourth-order valence-electron chi connectivity index (χ4n) is 9.29. The van der Waals surface area contributed by atoms with Gasteiger partial charge in [0.1, 0.15) is 17.5 Å². The van der Waals surface area contributed by atoms with E-state index in [-0.39, 0.29) is 11.3 Å². The molecule has 3 N–H and O–H groups in total. The lowest BCUT2D eigenvalue weighted by Crippen LogP contribution is -2.81. The van der Waals surface area contributed by atoms with Crippen molar-refractivity contribution in [3.8, 4) is 5.75 Å². The molecular formula is C38H40O8. The van der Waals surface area contributed by atoms with Gasteiger partial charge in [-0.3, -0.25) is 24.0 Å². The minimum Gasteiger partial charge on any atom is -0.507 e. The molecular weight excluding hydrogens is 584 g/mol. The number of hydrogen-bond acceptors (Lipinski definition) is 8. The van der Waals surface area contributed by atoms with Gasteiger partial charge in [0.25, 0.3) is 0 Å². The number of phenolic OH excluding ortho intramolecular Hbond substituents is 1. The summed E-state index contributed by atoms with van der Waals surface area (Å²) < 4.78 is 0. The van der Waals surface area contributed by atoms with E-state index >= 15 is 0 Å². The molecule has 0 bridgehead atoms. The number of Topliss-reactive ketones (excluding diaryl/α,β-unsaturated/α-hetero) is 5. The Balaban J connectivity index is 1.48. The van der Waals surface area contributed by atoms with Crippen molar-refractivity contribution in [3.63, 3.8) is 0 Å². The largest absolute Gasteiger partial charge is 0.507 e. The van der Waals surface area contributed by atoms with E-state index in [0.29, 0.717) is 17.5 Å². The predicted molar refractivity (Wildman–Crippen MR) is 171 cm³/mol. The Morgan fingerprint density at radius 1 is 0.935 bits per heavy atom. The van der Waals surface area contributed by atoms with E-state index in [1.54, 1.807) is 39.8 Å². The second-order valence-electron chi connectivity index (χ2n) is 14.5. The quantitative estimate of drug-likeness (QED) is 0.411. The average molecular weight is 625 g/mol. The third-order valence-electron chi connectivity index (χ3n) is 11.9. The third-order valence-corrected chi connectivity index (χ3v) is 11.9. The van der Waals surface area contributed by atoms with Crippen LogP contribution in [0, 0.1) is 41.4 Å². The minimum absolute atomic E-state index is 0.0900. The number of benzene rings is 2. The maximum Gasteiger partial charge on any atom is 0.191 e. The molecule has 8 atom stereocenters. The number of aromatic hydroxyl groups is 1. The summed E-state index contributed by atoms with van der Waals surface area (Å²) in [5.41, 5.74) is -1.84. The number of allylic oxidation sites excluding steroid dienone is 4. The first-order valence-corrected chi connectivity index (χ1v) is 15.9. The number of carbonyl (C=O) groups excluding carboxylic acids is 5. The number of hydrogen-bond donors (Lipinski definition) is 3. The van der Waals surface area contributed by atoms with E-state index < -0.39 is 81.0 Å². The molecule has 0 heterocycles. The van der Waals surface area contributed by atoms with Crippen LogP contribution in [0.1, 0.15) is 86.5 Å². The van der Waals surface area contributed by atoms with Crippen molar-refractivity contribution in [1.82, 2.24) is 0 Å². The first-order valence-electron chi connectivity index (χ1n) is 15.9. The maximum atomic E-state index is 14.6. The molecule has 8 nitrogen and oxygen atoms in total. The second kappa shape index (κ2) is 10.2. The zero-order chi connectivity index (χ0) is 33.8. The van der Waals surface area contributed by atoms with Crippen LogP contribution in [-0.4, -0.2) is 55.9 Å². The molecule has 2 fully saturated rings. The topological polar surface area (TPSA) is 146 Å². The fraction of sp³-hybridized carbons (Fsp3) is 0.447. The van der Waals surface area contributed by atoms with E-state index in [1.165, 1.54) is 6.92 Å². The number of ketones is 5. The highest BCUT2D eigenvalue weighted by Crippen LogP contribution is 2.66. The van der Waals surface area contributed by atoms with Crippen LogP contribution < -0.4 is 0 Å². The zero-order valence-electron chi connectivity index (χ0n) is 27.2. The molecule has 240 valence electrons. The number of rotatable bonds is 4. The highest BCUT2D eigenvalue weighted by atomic mass is 16.3. The monoisotopic (exact) mass is 624 g/mol. The Morgan fingerprint density at radius 2 is 1.54 bits per heavy atom. The molecule has 46 heavy (non-hydrogen) atoms. The van der Waals surface area contributed by atoms with Gasteiger partial charge in [-0.15, -0.1) is 0 Å². The number of aliphatic hydroxyl groups is 2. The third kappa shape index (κ3) is 3.77. The van der Waals surface area contributed by atoms with Crippen molar-refractivity contribution < 1.29 is 39.3 Å². The zero-order valence-corrected chi connectivity index (χ0v) is 27.2. The average Bonchev–Trinajstić information content (AvgIpc) is 3.47. The van der Waals surface area contributed by atoms with Gasteiger partial charge < -0.3 is 15.3 Å². The van der Waals surface area contributed by atoms with Gasteiger partial charge in [0.15, 0.2) is 28.7 Å². The summed E-state index contributed by atoms with van der Waals surface area (Å²) in [6.45, 7) is 11.1.